The molecule has 1 N–H and O–H groups in total. The average molecular weight is 513 g/mol. The normalized spacial score (nSPS) is 16.2. The van der Waals surface area contributed by atoms with Gasteiger partial charge in [-0.25, -0.2) is 9.37 Å². The monoisotopic (exact) mass is 512 g/mol. The van der Waals surface area contributed by atoms with E-state index in [1.165, 1.54) is 0 Å². The molecular weight excluding hydrogens is 475 g/mol. The van der Waals surface area contributed by atoms with E-state index in [9.17, 15) is 4.39 Å². The number of allylic oxidation sites excluding steroid dienone is 6. The van der Waals surface area contributed by atoms with Gasteiger partial charge in [0.1, 0.15) is 17.3 Å². The largest absolute Gasteiger partial charge is 0.372 e. The zero-order valence-corrected chi connectivity index (χ0v) is 22.8. The molecule has 0 amide bonds. The highest BCUT2D eigenvalue weighted by Gasteiger charge is 2.24. The minimum Gasteiger partial charge on any atom is -0.372 e. The molecule has 0 unspecified atom stereocenters. The average Bonchev–Trinajstić information content (AvgIpc) is 3.26. The van der Waals surface area contributed by atoms with E-state index in [1.807, 2.05) is 55.5 Å². The first-order chi connectivity index (χ1) is 18.3. The molecule has 7 heteroatoms. The Morgan fingerprint density at radius 3 is 2.84 bits per heavy atom. The first-order valence-electron chi connectivity index (χ1n) is 13.1. The highest BCUT2D eigenvalue weighted by atomic mass is 19.1. The lowest BCUT2D eigenvalue weighted by molar-refractivity contribution is 0.221. The number of alkyl halides is 1. The SMILES string of the molecule is C=C(N/C(CC)=N/N=C/C1=CCC=CC=C1)N1CCCN(C)c2ccc(-c3cccc(C(C)(C)F)c3)nc21. The van der Waals surface area contributed by atoms with Crippen LogP contribution in [0.2, 0.25) is 0 Å². The van der Waals surface area contributed by atoms with Gasteiger partial charge >= 0.3 is 0 Å². The van der Waals surface area contributed by atoms with Crippen LogP contribution >= 0.6 is 0 Å². The maximum absolute atomic E-state index is 14.6. The number of nitrogens with zero attached hydrogens (tertiary/aromatic N) is 5. The minimum absolute atomic E-state index is 0.627. The Kier molecular flexibility index (Phi) is 8.56. The van der Waals surface area contributed by atoms with E-state index in [0.717, 1.165) is 60.1 Å². The Morgan fingerprint density at radius 2 is 2.05 bits per heavy atom. The van der Waals surface area contributed by atoms with E-state index in [0.29, 0.717) is 17.8 Å². The Balaban J connectivity index is 1.60. The van der Waals surface area contributed by atoms with Crippen LogP contribution in [0.5, 0.6) is 0 Å². The summed E-state index contributed by atoms with van der Waals surface area (Å²) >= 11 is 0. The van der Waals surface area contributed by atoms with Crippen molar-refractivity contribution in [2.45, 2.75) is 45.7 Å². The number of aromatic nitrogens is 1. The zero-order chi connectivity index (χ0) is 27.1. The van der Waals surface area contributed by atoms with Crippen molar-refractivity contribution in [3.8, 4) is 11.3 Å². The number of hydrogen-bond donors (Lipinski definition) is 1. The number of amidine groups is 1. The number of rotatable bonds is 7. The summed E-state index contributed by atoms with van der Waals surface area (Å²) in [5.41, 5.74) is 2.91. The van der Waals surface area contributed by atoms with Crippen LogP contribution in [0, 0.1) is 0 Å². The molecule has 0 radical (unpaired) electrons. The second-order valence-electron chi connectivity index (χ2n) is 9.96. The first kappa shape index (κ1) is 27.0. The van der Waals surface area contributed by atoms with Crippen LogP contribution in [0.4, 0.5) is 15.9 Å². The Labute approximate surface area is 225 Å². The van der Waals surface area contributed by atoms with Gasteiger partial charge in [0.15, 0.2) is 5.82 Å². The van der Waals surface area contributed by atoms with Crippen molar-refractivity contribution >= 4 is 23.6 Å². The number of halogens is 1. The van der Waals surface area contributed by atoms with Crippen LogP contribution in [-0.4, -0.2) is 37.2 Å². The summed E-state index contributed by atoms with van der Waals surface area (Å²) in [5, 5.41) is 12.1. The molecule has 4 rings (SSSR count). The smallest absolute Gasteiger partial charge is 0.158 e. The number of anilines is 2. The number of pyridine rings is 1. The van der Waals surface area contributed by atoms with Crippen molar-refractivity contribution in [3.63, 3.8) is 0 Å². The summed E-state index contributed by atoms with van der Waals surface area (Å²) in [7, 11) is 2.08. The minimum atomic E-state index is -1.43. The molecule has 0 spiro atoms. The molecule has 2 aromatic rings. The van der Waals surface area contributed by atoms with Crippen molar-refractivity contribution in [1.82, 2.24) is 10.3 Å². The molecule has 38 heavy (non-hydrogen) atoms. The molecule has 0 bridgehead atoms. The quantitative estimate of drug-likeness (QED) is 0.249. The van der Waals surface area contributed by atoms with E-state index in [4.69, 9.17) is 4.98 Å². The van der Waals surface area contributed by atoms with Gasteiger partial charge < -0.3 is 15.1 Å². The van der Waals surface area contributed by atoms with Crippen LogP contribution < -0.4 is 15.1 Å². The van der Waals surface area contributed by atoms with Crippen LogP contribution in [0.25, 0.3) is 11.3 Å². The molecule has 1 aromatic heterocycles. The Hall–Kier alpha value is -4.00. The molecule has 1 aromatic carbocycles. The predicted octanol–water partition coefficient (Wildman–Crippen LogP) is 6.90. The standard InChI is InChI=1S/C31H37FN6/c1-6-29(36-33-22-24-13-9-7-8-10-14-24)34-23(2)38-20-12-19-37(5)28-18-17-27(35-30(28)38)25-15-11-16-26(21-25)31(3,4)32/h7-9,11,13-18,21-22H,2,6,10,12,19-20H2,1,3-5H3,(H,34,36)/b33-22+. The second-order valence-corrected chi connectivity index (χ2v) is 9.96. The van der Waals surface area contributed by atoms with Gasteiger partial charge in [-0.3, -0.25) is 0 Å². The van der Waals surface area contributed by atoms with E-state index >= 15 is 0 Å². The summed E-state index contributed by atoms with van der Waals surface area (Å²) in [6.07, 6.45) is 14.5. The number of fused-ring (bicyclic) bond motifs is 1. The fraction of sp³-hybridized carbons (Fsp3) is 0.323. The first-order valence-corrected chi connectivity index (χ1v) is 13.1. The van der Waals surface area contributed by atoms with Gasteiger partial charge in [-0.05, 0) is 56.0 Å². The third-order valence-electron chi connectivity index (χ3n) is 6.60. The van der Waals surface area contributed by atoms with Crippen LogP contribution in [0.15, 0.2) is 95.0 Å². The van der Waals surface area contributed by atoms with Gasteiger partial charge in [0.05, 0.1) is 17.6 Å². The lowest BCUT2D eigenvalue weighted by atomic mass is 9.97. The van der Waals surface area contributed by atoms with E-state index in [1.54, 1.807) is 20.1 Å². The third kappa shape index (κ3) is 6.65. The molecule has 2 heterocycles. The number of hydrogen-bond acceptors (Lipinski definition) is 5. The maximum Gasteiger partial charge on any atom is 0.158 e. The van der Waals surface area contributed by atoms with Crippen molar-refractivity contribution in [1.29, 1.82) is 0 Å². The zero-order valence-electron chi connectivity index (χ0n) is 22.8. The lowest BCUT2D eigenvalue weighted by Gasteiger charge is -2.27. The molecular formula is C31H37FN6. The van der Waals surface area contributed by atoms with Crippen molar-refractivity contribution in [3.05, 3.63) is 90.3 Å². The molecule has 0 fully saturated rings. The summed E-state index contributed by atoms with van der Waals surface area (Å²) in [5.74, 6) is 2.22. The molecule has 2 aliphatic rings. The summed E-state index contributed by atoms with van der Waals surface area (Å²) in [4.78, 5) is 9.37. The molecule has 0 saturated heterocycles. The van der Waals surface area contributed by atoms with E-state index in [2.05, 4.69) is 57.2 Å². The second kappa shape index (κ2) is 12.0. The van der Waals surface area contributed by atoms with Gasteiger partial charge in [-0.2, -0.15) is 5.10 Å². The molecule has 1 aliphatic carbocycles. The van der Waals surface area contributed by atoms with Gasteiger partial charge in [0.2, 0.25) is 0 Å². The van der Waals surface area contributed by atoms with Gasteiger partial charge in [0, 0.05) is 32.1 Å². The number of nitrogens with one attached hydrogen (secondary N) is 1. The summed E-state index contributed by atoms with van der Waals surface area (Å²) in [6.45, 7) is 11.2. The third-order valence-corrected chi connectivity index (χ3v) is 6.60. The highest BCUT2D eigenvalue weighted by Crippen LogP contribution is 2.35. The summed E-state index contributed by atoms with van der Waals surface area (Å²) < 4.78 is 14.6. The Morgan fingerprint density at radius 1 is 1.21 bits per heavy atom. The van der Waals surface area contributed by atoms with Crippen molar-refractivity contribution < 1.29 is 4.39 Å². The lowest BCUT2D eigenvalue weighted by Crippen LogP contribution is -2.35. The van der Waals surface area contributed by atoms with Gasteiger partial charge in [0.25, 0.3) is 0 Å². The fourth-order valence-electron chi connectivity index (χ4n) is 4.38. The van der Waals surface area contributed by atoms with Gasteiger partial charge in [-0.15, -0.1) is 5.10 Å². The van der Waals surface area contributed by atoms with Crippen LogP contribution in [-0.2, 0) is 5.67 Å². The van der Waals surface area contributed by atoms with Crippen molar-refractivity contribution in [2.24, 2.45) is 10.2 Å². The van der Waals surface area contributed by atoms with Gasteiger partial charge in [-0.1, -0.05) is 62.1 Å². The molecule has 0 atom stereocenters. The molecule has 1 aliphatic heterocycles. The van der Waals surface area contributed by atoms with E-state index in [-0.39, 0.29) is 0 Å². The Bertz CT molecular complexity index is 1310. The molecule has 0 saturated carbocycles. The predicted molar refractivity (Wildman–Crippen MR) is 159 cm³/mol. The highest BCUT2D eigenvalue weighted by molar-refractivity contribution is 5.87. The number of benzene rings is 1. The van der Waals surface area contributed by atoms with Crippen LogP contribution in [0.1, 0.15) is 45.6 Å². The maximum atomic E-state index is 14.6. The van der Waals surface area contributed by atoms with Crippen molar-refractivity contribution in [2.75, 3.05) is 29.9 Å². The fourth-order valence-corrected chi connectivity index (χ4v) is 4.38. The molecule has 6 nitrogen and oxygen atoms in total. The molecule has 198 valence electrons. The van der Waals surface area contributed by atoms with E-state index < -0.39 is 5.67 Å². The topological polar surface area (TPSA) is 56.1 Å². The summed E-state index contributed by atoms with van der Waals surface area (Å²) in [6, 6.07) is 11.6. The van der Waals surface area contributed by atoms with Crippen LogP contribution in [0.3, 0.4) is 0 Å².